The molecule has 1 aliphatic heterocycles. The Hall–Kier alpha value is -10.6. The van der Waals surface area contributed by atoms with Gasteiger partial charge in [0, 0.05) is 32.5 Å². The Morgan fingerprint density at radius 1 is 0.513 bits per heavy atom. The molecule has 1 fully saturated rings. The highest BCUT2D eigenvalue weighted by Gasteiger charge is 2.42. The Kier molecular flexibility index (Phi) is 46.0. The molecule has 1 aromatic carbocycles. The lowest BCUT2D eigenvalue weighted by Gasteiger charge is -2.31. The van der Waals surface area contributed by atoms with Crippen molar-refractivity contribution in [2.75, 3.05) is 52.5 Å². The van der Waals surface area contributed by atoms with Crippen molar-refractivity contribution in [3.05, 3.63) is 29.8 Å². The zero-order chi connectivity index (χ0) is 86.8. The Labute approximate surface area is 667 Å². The number of carbonyl (C=O) groups excluding carboxylic acids is 13. The number of benzene rings is 1. The van der Waals surface area contributed by atoms with Gasteiger partial charge in [0.25, 0.3) is 0 Å². The third kappa shape index (κ3) is 37.0. The fraction of sp³-hybridized carbons (Fsp3) is 0.681. The number of aromatic hydroxyl groups is 1. The number of nitrogens with one attached hydrogen (secondary N) is 12. The number of phenols is 1. The Balaban J connectivity index is 2.39. The number of unbranched alkanes of at least 4 members (excludes halogenated alkanes) is 2. The van der Waals surface area contributed by atoms with Crippen molar-refractivity contribution in [2.24, 2.45) is 67.9 Å². The maximum Gasteiger partial charge on any atom is 0.326 e. The zero-order valence-corrected chi connectivity index (χ0v) is 66.5. The number of aliphatic hydroxyl groups excluding tert-OH is 3. The van der Waals surface area contributed by atoms with Crippen LogP contribution in [0.15, 0.2) is 34.3 Å². The number of aliphatic imine (C=N–C) groups is 2. The van der Waals surface area contributed by atoms with Gasteiger partial charge in [0.05, 0.1) is 31.9 Å². The first-order valence-corrected chi connectivity index (χ1v) is 38.5. The number of carbonyl (C=O) groups is 15. The molecule has 2 unspecified atom stereocenters. The van der Waals surface area contributed by atoms with Crippen LogP contribution in [0.3, 0.4) is 0 Å². The van der Waals surface area contributed by atoms with Crippen molar-refractivity contribution in [3.63, 3.8) is 0 Å². The van der Waals surface area contributed by atoms with Gasteiger partial charge >= 0.3 is 11.9 Å². The van der Waals surface area contributed by atoms with Crippen LogP contribution in [0.5, 0.6) is 5.75 Å². The number of hydrogen-bond acceptors (Lipinski definition) is 24. The molecule has 115 heavy (non-hydrogen) atoms. The molecule has 1 saturated heterocycles. The van der Waals surface area contributed by atoms with E-state index in [1.807, 2.05) is 0 Å². The van der Waals surface area contributed by atoms with E-state index in [1.165, 1.54) is 45.0 Å². The second-order valence-corrected chi connectivity index (χ2v) is 29.0. The van der Waals surface area contributed by atoms with E-state index in [0.717, 1.165) is 4.90 Å². The lowest BCUT2D eigenvalue weighted by Crippen LogP contribution is -2.61. The number of aliphatic carboxylic acids is 2. The van der Waals surface area contributed by atoms with Crippen LogP contribution in [0.2, 0.25) is 0 Å². The minimum Gasteiger partial charge on any atom is -0.508 e. The van der Waals surface area contributed by atoms with Crippen molar-refractivity contribution in [3.8, 4) is 5.75 Å². The molecule has 43 heteroatoms. The minimum atomic E-state index is -1.85. The highest BCUT2D eigenvalue weighted by Crippen LogP contribution is 2.22. The molecule has 32 N–H and O–H groups in total. The largest absolute Gasteiger partial charge is 0.508 e. The van der Waals surface area contributed by atoms with Gasteiger partial charge in [0.15, 0.2) is 11.9 Å². The SMILES string of the molecule is CCC(C)[C@H](NC(=O)[C@H](CCCCN)NC(=O)[C@H](CC(C)C)NC(=O)[C@@H]1CCCN1C(=O)[C@H](CCC(=O)O)NC(=O)[C@H](Cc1ccc(O)cc1)NC(=O)[C@@H](NC(=O)[C@H](CO)NC(=O)CNC(=O)[C@H](CO)NC(=O)[C@H](CCCN=C(N)N)NC(=O)[C@H](CCCCN)NC(=O)[C@@H](NC(=O)[C@@H](N)CCCN=C(N)N)C(C)O)C(C)C)C(=O)O. The monoisotopic (exact) mass is 1630 g/mol. The minimum absolute atomic E-state index is 0.0202. The summed E-state index contributed by atoms with van der Waals surface area (Å²) in [7, 11) is 0. The molecule has 1 heterocycles. The smallest absolute Gasteiger partial charge is 0.326 e. The summed E-state index contributed by atoms with van der Waals surface area (Å²) in [6.07, 6.45) is -0.826. The fourth-order valence-corrected chi connectivity index (χ4v) is 12.0. The van der Waals surface area contributed by atoms with Crippen molar-refractivity contribution < 1.29 is 103 Å². The summed E-state index contributed by atoms with van der Waals surface area (Å²) in [6.45, 7) is 8.35. The van der Waals surface area contributed by atoms with E-state index in [2.05, 4.69) is 73.8 Å². The van der Waals surface area contributed by atoms with E-state index in [0.29, 0.717) is 31.2 Å². The van der Waals surface area contributed by atoms with Gasteiger partial charge in [-0.05, 0) is 145 Å². The summed E-state index contributed by atoms with van der Waals surface area (Å²) in [5.74, 6) is -17.6. The van der Waals surface area contributed by atoms with Crippen molar-refractivity contribution >= 4 is 101 Å². The van der Waals surface area contributed by atoms with E-state index in [9.17, 15) is 103 Å². The van der Waals surface area contributed by atoms with Gasteiger partial charge < -0.3 is 139 Å². The first kappa shape index (κ1) is 100. The van der Waals surface area contributed by atoms with E-state index in [-0.39, 0.29) is 127 Å². The van der Waals surface area contributed by atoms with Crippen LogP contribution in [-0.4, -0.2) is 273 Å². The number of carboxylic acid groups (broad SMARTS) is 2. The zero-order valence-electron chi connectivity index (χ0n) is 66.5. The molecule has 0 saturated carbocycles. The lowest BCUT2D eigenvalue weighted by atomic mass is 9.98. The summed E-state index contributed by atoms with van der Waals surface area (Å²) in [6, 6.07) is -14.1. The quantitative estimate of drug-likeness (QED) is 0.0164. The van der Waals surface area contributed by atoms with Crippen LogP contribution >= 0.6 is 0 Å². The Morgan fingerprint density at radius 2 is 0.965 bits per heavy atom. The standard InChI is InChI=1S/C72H124N22O21/c1-8-39(6)56(70(114)115)92-62(106)45(18-10-12-28-74)85-63(107)48(32-37(2)3)88-66(110)52-20-15-31-94(52)69(113)47(25-26-54(100)101)87-64(108)49(33-41-21-23-42(98)24-22-41)89-67(111)55(38(4)5)91-65(109)51(36-96)83-53(99)34-82-59(103)50(35-95)90-61(105)46(19-14-30-81-72(78)79)84-60(104)44(17-9-11-27-73)86-68(112)57(40(7)97)93-58(102)43(75)16-13-29-80-71(76)77/h21-24,37-40,43-52,55-57,95-98H,8-20,25-36,73-75H2,1-7H3,(H,82,103)(H,83,99)(H,84,104)(H,85,107)(H,86,112)(H,87,108)(H,88,110)(H,89,111)(H,90,105)(H,91,109)(H,92,106)(H,93,102)(H,100,101)(H,114,115)(H4,76,77,80)(H4,78,79,81)/t39?,40?,43-,44-,45-,46-,47-,48-,49-,50-,51-,52-,55-,56-,57-/m0/s1. The van der Waals surface area contributed by atoms with Crippen molar-refractivity contribution in [2.45, 2.75) is 242 Å². The average Bonchev–Trinajstić information content (AvgIpc) is 1.73. The number of nitrogens with zero attached hydrogens (tertiary/aromatic N) is 3. The first-order valence-electron chi connectivity index (χ1n) is 38.5. The Bertz CT molecular complexity index is 3430. The average molecular weight is 1630 g/mol. The van der Waals surface area contributed by atoms with Gasteiger partial charge in [-0.15, -0.1) is 0 Å². The third-order valence-corrected chi connectivity index (χ3v) is 18.7. The molecular weight excluding hydrogens is 1510 g/mol. The highest BCUT2D eigenvalue weighted by molar-refractivity contribution is 6.00. The van der Waals surface area contributed by atoms with Gasteiger partial charge in [-0.3, -0.25) is 77.1 Å². The van der Waals surface area contributed by atoms with E-state index >= 15 is 0 Å². The number of carboxylic acids is 2. The number of rotatable bonds is 55. The molecule has 0 bridgehead atoms. The second kappa shape index (κ2) is 52.7. The van der Waals surface area contributed by atoms with Crippen LogP contribution in [0.4, 0.5) is 0 Å². The molecule has 15 atom stereocenters. The third-order valence-electron chi connectivity index (χ3n) is 18.7. The fourth-order valence-electron chi connectivity index (χ4n) is 12.0. The van der Waals surface area contributed by atoms with Crippen LogP contribution in [0.1, 0.15) is 157 Å². The van der Waals surface area contributed by atoms with Gasteiger partial charge in [0.2, 0.25) is 76.8 Å². The van der Waals surface area contributed by atoms with Crippen LogP contribution in [-0.2, 0) is 78.3 Å². The molecule has 0 aliphatic carbocycles. The second-order valence-electron chi connectivity index (χ2n) is 29.0. The number of phenolic OH excluding ortho intramolecular Hbond substituents is 1. The summed E-state index contributed by atoms with van der Waals surface area (Å²) >= 11 is 0. The maximum absolute atomic E-state index is 14.8. The molecule has 2 rings (SSSR count). The number of aliphatic hydroxyl groups is 3. The molecule has 1 aromatic rings. The highest BCUT2D eigenvalue weighted by atomic mass is 16.4. The summed E-state index contributed by atoms with van der Waals surface area (Å²) < 4.78 is 0. The lowest BCUT2D eigenvalue weighted by molar-refractivity contribution is -0.144. The summed E-state index contributed by atoms with van der Waals surface area (Å²) in [5, 5.41) is 90.7. The molecule has 0 radical (unpaired) electrons. The predicted molar refractivity (Wildman–Crippen MR) is 419 cm³/mol. The first-order chi connectivity index (χ1) is 54.2. The van der Waals surface area contributed by atoms with Gasteiger partial charge in [-0.25, -0.2) is 4.79 Å². The summed E-state index contributed by atoms with van der Waals surface area (Å²) in [4.78, 5) is 215. The number of likely N-dealkylation sites (tertiary alicyclic amines) is 1. The van der Waals surface area contributed by atoms with Crippen LogP contribution < -0.4 is 104 Å². The van der Waals surface area contributed by atoms with Crippen LogP contribution in [0.25, 0.3) is 0 Å². The molecule has 13 amide bonds. The topological polar surface area (TPSA) is 732 Å². The molecule has 1 aliphatic rings. The molecule has 43 nitrogen and oxygen atoms in total. The van der Waals surface area contributed by atoms with E-state index < -0.39 is 218 Å². The number of guanidine groups is 2. The molecule has 0 spiro atoms. The van der Waals surface area contributed by atoms with Gasteiger partial charge in [-0.2, -0.15) is 0 Å². The van der Waals surface area contributed by atoms with E-state index in [1.54, 1.807) is 27.7 Å². The number of nitrogens with two attached hydrogens (primary N) is 7. The van der Waals surface area contributed by atoms with Crippen molar-refractivity contribution in [1.29, 1.82) is 0 Å². The van der Waals surface area contributed by atoms with Crippen LogP contribution in [0, 0.1) is 17.8 Å². The normalized spacial score (nSPS) is 16.2. The maximum atomic E-state index is 14.8. The molecule has 0 aromatic heterocycles. The predicted octanol–water partition coefficient (Wildman–Crippen LogP) is -7.87. The Morgan fingerprint density at radius 3 is 1.46 bits per heavy atom. The number of hydrogen-bond donors (Lipinski definition) is 25. The molecule has 648 valence electrons. The molecular formula is C72H124N22O21. The van der Waals surface area contributed by atoms with Crippen molar-refractivity contribution in [1.82, 2.24) is 68.7 Å². The van der Waals surface area contributed by atoms with E-state index in [4.69, 9.17) is 40.1 Å². The van der Waals surface area contributed by atoms with Gasteiger partial charge in [0.1, 0.15) is 78.3 Å². The number of amides is 13. The van der Waals surface area contributed by atoms with Gasteiger partial charge in [-0.1, -0.05) is 60.1 Å². The summed E-state index contributed by atoms with van der Waals surface area (Å²) in [5.41, 5.74) is 39.4.